The quantitative estimate of drug-likeness (QED) is 0.772. The number of hydrogen-bond acceptors (Lipinski definition) is 4. The van der Waals surface area contributed by atoms with Gasteiger partial charge >= 0.3 is 5.97 Å². The molecule has 9 heteroatoms. The van der Waals surface area contributed by atoms with Crippen molar-refractivity contribution in [3.8, 4) is 11.4 Å². The summed E-state index contributed by atoms with van der Waals surface area (Å²) in [7, 11) is 0. The number of aromatic nitrogens is 3. The molecule has 110 valence electrons. The van der Waals surface area contributed by atoms with Gasteiger partial charge in [0, 0.05) is 23.7 Å². The van der Waals surface area contributed by atoms with E-state index in [2.05, 4.69) is 15.4 Å². The Morgan fingerprint density at radius 1 is 1.33 bits per heavy atom. The van der Waals surface area contributed by atoms with Crippen molar-refractivity contribution in [1.82, 2.24) is 14.8 Å². The van der Waals surface area contributed by atoms with E-state index in [0.717, 1.165) is 5.69 Å². The molecule has 0 amide bonds. The fraction of sp³-hybridized carbons (Fsp3) is 0.0833. The SMILES string of the molecule is ClC(Cl)Cl.O=C(O)c1ccc2c(c1)-c1ncnn1C=CN2. The van der Waals surface area contributed by atoms with Gasteiger partial charge in [0.1, 0.15) is 6.33 Å². The minimum Gasteiger partial charge on any atom is -0.478 e. The van der Waals surface area contributed by atoms with Crippen molar-refractivity contribution in [2.45, 2.75) is 4.30 Å². The van der Waals surface area contributed by atoms with Gasteiger partial charge in [-0.05, 0) is 18.2 Å². The van der Waals surface area contributed by atoms with Crippen LogP contribution in [0.15, 0.2) is 30.7 Å². The fourth-order valence-corrected chi connectivity index (χ4v) is 1.74. The molecule has 2 aromatic rings. The predicted molar refractivity (Wildman–Crippen MR) is 82.7 cm³/mol. The van der Waals surface area contributed by atoms with Crippen LogP contribution in [0.4, 0.5) is 5.69 Å². The number of nitrogens with zero attached hydrogens (tertiary/aromatic N) is 3. The Bertz CT molecular complexity index is 682. The number of carbonyl (C=O) groups is 1. The summed E-state index contributed by atoms with van der Waals surface area (Å²) in [6.45, 7) is 0. The predicted octanol–water partition coefficient (Wildman–Crippen LogP) is 3.48. The highest BCUT2D eigenvalue weighted by molar-refractivity contribution is 6.63. The molecular weight excluding hydrogens is 339 g/mol. The monoisotopic (exact) mass is 346 g/mol. The molecule has 1 aliphatic rings. The molecular formula is C12H9Cl3N4O2. The number of alkyl halides is 3. The van der Waals surface area contributed by atoms with Gasteiger partial charge in [0.05, 0.1) is 5.56 Å². The van der Waals surface area contributed by atoms with Crippen molar-refractivity contribution >= 4 is 52.7 Å². The van der Waals surface area contributed by atoms with Crippen LogP contribution < -0.4 is 5.32 Å². The smallest absolute Gasteiger partial charge is 0.335 e. The summed E-state index contributed by atoms with van der Waals surface area (Å²) in [5, 5.41) is 16.0. The Labute approximate surface area is 135 Å². The summed E-state index contributed by atoms with van der Waals surface area (Å²) in [5.41, 5.74) is 1.74. The maximum atomic E-state index is 10.9. The van der Waals surface area contributed by atoms with Crippen LogP contribution in [0.2, 0.25) is 0 Å². The van der Waals surface area contributed by atoms with Crippen LogP contribution in [0.25, 0.3) is 17.6 Å². The molecule has 2 N–H and O–H groups in total. The Hall–Kier alpha value is -1.76. The molecule has 0 saturated carbocycles. The van der Waals surface area contributed by atoms with Crippen molar-refractivity contribution in [2.75, 3.05) is 5.32 Å². The number of halogens is 3. The number of fused-ring (bicyclic) bond motifs is 3. The number of carboxylic acid groups (broad SMARTS) is 1. The number of hydrogen-bond donors (Lipinski definition) is 2. The second kappa shape index (κ2) is 6.80. The van der Waals surface area contributed by atoms with Gasteiger partial charge < -0.3 is 10.4 Å². The second-order valence-corrected chi connectivity index (χ2v) is 5.78. The summed E-state index contributed by atoms with van der Waals surface area (Å²) < 4.78 is 0.838. The lowest BCUT2D eigenvalue weighted by Crippen LogP contribution is -1.99. The maximum absolute atomic E-state index is 10.9. The zero-order chi connectivity index (χ0) is 15.4. The number of benzene rings is 1. The molecule has 21 heavy (non-hydrogen) atoms. The first kappa shape index (κ1) is 15.6. The lowest BCUT2D eigenvalue weighted by atomic mass is 10.1. The third kappa shape index (κ3) is 3.87. The van der Waals surface area contributed by atoms with E-state index < -0.39 is 10.3 Å². The van der Waals surface area contributed by atoms with E-state index in [4.69, 9.17) is 39.9 Å². The van der Waals surface area contributed by atoms with E-state index in [-0.39, 0.29) is 5.56 Å². The van der Waals surface area contributed by atoms with E-state index in [1.54, 1.807) is 35.3 Å². The summed E-state index contributed by atoms with van der Waals surface area (Å²) in [6, 6.07) is 4.85. The van der Waals surface area contributed by atoms with Crippen LogP contribution >= 0.6 is 34.8 Å². The van der Waals surface area contributed by atoms with Crippen LogP contribution in [-0.4, -0.2) is 30.1 Å². The fourth-order valence-electron chi connectivity index (χ4n) is 1.74. The largest absolute Gasteiger partial charge is 0.478 e. The molecule has 2 heterocycles. The first-order valence-corrected chi connectivity index (χ1v) is 6.92. The van der Waals surface area contributed by atoms with Gasteiger partial charge in [0.25, 0.3) is 0 Å². The molecule has 0 aliphatic carbocycles. The van der Waals surface area contributed by atoms with Gasteiger partial charge in [-0.1, -0.05) is 34.8 Å². The average molecular weight is 348 g/mol. The molecule has 0 fully saturated rings. The van der Waals surface area contributed by atoms with E-state index in [9.17, 15) is 4.79 Å². The normalized spacial score (nSPS) is 11.6. The molecule has 0 radical (unpaired) electrons. The van der Waals surface area contributed by atoms with Crippen molar-refractivity contribution in [2.24, 2.45) is 0 Å². The van der Waals surface area contributed by atoms with Gasteiger partial charge in [-0.15, -0.1) is 0 Å². The molecule has 3 rings (SSSR count). The van der Waals surface area contributed by atoms with Crippen molar-refractivity contribution < 1.29 is 9.90 Å². The topological polar surface area (TPSA) is 80.0 Å². The van der Waals surface area contributed by atoms with Gasteiger partial charge in [0.2, 0.25) is 0 Å². The molecule has 0 unspecified atom stereocenters. The van der Waals surface area contributed by atoms with Crippen LogP contribution in [0, 0.1) is 0 Å². The van der Waals surface area contributed by atoms with Gasteiger partial charge in [-0.2, -0.15) is 5.10 Å². The molecule has 1 aromatic carbocycles. The van der Waals surface area contributed by atoms with Crippen LogP contribution in [0.5, 0.6) is 0 Å². The van der Waals surface area contributed by atoms with Gasteiger partial charge in [-0.25, -0.2) is 14.5 Å². The minimum atomic E-state index is -0.962. The Balaban J connectivity index is 0.000000361. The summed E-state index contributed by atoms with van der Waals surface area (Å²) in [4.78, 5) is 15.1. The maximum Gasteiger partial charge on any atom is 0.335 e. The highest BCUT2D eigenvalue weighted by atomic mass is 35.6. The molecule has 0 bridgehead atoms. The molecule has 0 atom stereocenters. The highest BCUT2D eigenvalue weighted by Crippen LogP contribution is 2.29. The summed E-state index contributed by atoms with van der Waals surface area (Å²) in [5.74, 6) is -0.347. The first-order chi connectivity index (χ1) is 9.99. The van der Waals surface area contributed by atoms with Crippen LogP contribution in [0.1, 0.15) is 10.4 Å². The van der Waals surface area contributed by atoms with Crippen molar-refractivity contribution in [1.29, 1.82) is 0 Å². The molecule has 0 saturated heterocycles. The van der Waals surface area contributed by atoms with E-state index >= 15 is 0 Å². The zero-order valence-corrected chi connectivity index (χ0v) is 12.6. The lowest BCUT2D eigenvalue weighted by molar-refractivity contribution is 0.0697. The number of anilines is 1. The highest BCUT2D eigenvalue weighted by Gasteiger charge is 2.15. The standard InChI is InChI=1S/C11H8N4O2.CHCl3/c16-11(17)7-1-2-9-8(5-7)10-13-6-14-15(10)4-3-12-9;2-1(3)4/h1-6,12H,(H,16,17);1H. The summed E-state index contributed by atoms with van der Waals surface area (Å²) >= 11 is 14.4. The molecule has 0 spiro atoms. The first-order valence-electron chi connectivity index (χ1n) is 5.61. The number of carboxylic acids is 1. The zero-order valence-electron chi connectivity index (χ0n) is 10.4. The number of nitrogens with one attached hydrogen (secondary N) is 1. The molecule has 6 nitrogen and oxygen atoms in total. The lowest BCUT2D eigenvalue weighted by Gasteiger charge is -2.06. The molecule has 1 aromatic heterocycles. The van der Waals surface area contributed by atoms with E-state index in [1.807, 2.05) is 0 Å². The van der Waals surface area contributed by atoms with Crippen molar-refractivity contribution in [3.05, 3.63) is 36.3 Å². The molecule has 1 aliphatic heterocycles. The van der Waals surface area contributed by atoms with E-state index in [0.29, 0.717) is 11.4 Å². The van der Waals surface area contributed by atoms with Gasteiger partial charge in [0.15, 0.2) is 10.1 Å². The van der Waals surface area contributed by atoms with Gasteiger partial charge in [-0.3, -0.25) is 0 Å². The van der Waals surface area contributed by atoms with E-state index in [1.165, 1.54) is 6.33 Å². The Morgan fingerprint density at radius 3 is 2.71 bits per heavy atom. The minimum absolute atomic E-state index is 0.224. The Morgan fingerprint density at radius 2 is 2.05 bits per heavy atom. The second-order valence-electron chi connectivity index (χ2n) is 3.80. The Kier molecular flexibility index (Phi) is 5.06. The number of rotatable bonds is 1. The average Bonchev–Trinajstić information content (AvgIpc) is 2.80. The van der Waals surface area contributed by atoms with Crippen LogP contribution in [0.3, 0.4) is 0 Å². The van der Waals surface area contributed by atoms with Crippen LogP contribution in [-0.2, 0) is 0 Å². The third-order valence-corrected chi connectivity index (χ3v) is 2.54. The third-order valence-electron chi connectivity index (χ3n) is 2.54. The van der Waals surface area contributed by atoms with Crippen molar-refractivity contribution in [3.63, 3.8) is 0 Å². The summed E-state index contributed by atoms with van der Waals surface area (Å²) in [6.07, 6.45) is 4.88. The number of aromatic carboxylic acids is 1.